The van der Waals surface area contributed by atoms with Gasteiger partial charge in [-0.1, -0.05) is 91.0 Å². The van der Waals surface area contributed by atoms with Crippen LogP contribution in [-0.4, -0.2) is 23.7 Å². The van der Waals surface area contributed by atoms with Crippen LogP contribution < -0.4 is 0 Å². The number of esters is 3. The molecule has 0 bridgehead atoms. The van der Waals surface area contributed by atoms with Crippen molar-refractivity contribution in [1.29, 1.82) is 0 Å². The van der Waals surface area contributed by atoms with Crippen molar-refractivity contribution < 1.29 is 33.4 Å². The summed E-state index contributed by atoms with van der Waals surface area (Å²) < 4.78 is 16.4. The molecule has 0 fully saturated rings. The van der Waals surface area contributed by atoms with Gasteiger partial charge in [0.25, 0.3) is 0 Å². The average Bonchev–Trinajstić information content (AvgIpc) is 2.98. The predicted octanol–water partition coefficient (Wildman–Crippen LogP) is 5.96. The molecule has 39 heavy (non-hydrogen) atoms. The standard InChI is InChI=1S/C32H26O7/c1-22(33)26-17-27(30(34)37-19-23-11-5-2-6-12-23)29(32(36)39-21-25-15-9-4-10-16-25)28(18-26)31(35)38-20-24-13-7-3-8-14-24/h2-18H,19-21H2,1H3. The van der Waals surface area contributed by atoms with Gasteiger partial charge in [-0.2, -0.15) is 0 Å². The van der Waals surface area contributed by atoms with E-state index in [0.717, 1.165) is 11.1 Å². The number of carbonyl (C=O) groups excluding carboxylic acids is 4. The van der Waals surface area contributed by atoms with Crippen molar-refractivity contribution in [2.45, 2.75) is 26.7 Å². The Balaban J connectivity index is 1.70. The van der Waals surface area contributed by atoms with E-state index in [4.69, 9.17) is 14.2 Å². The van der Waals surface area contributed by atoms with Crippen molar-refractivity contribution in [2.24, 2.45) is 0 Å². The summed E-state index contributed by atoms with van der Waals surface area (Å²) in [6.07, 6.45) is 0. The molecule has 196 valence electrons. The number of ketones is 1. The Hall–Kier alpha value is -5.04. The maximum atomic E-state index is 13.4. The third-order valence-corrected chi connectivity index (χ3v) is 5.83. The second-order valence-electron chi connectivity index (χ2n) is 8.69. The maximum Gasteiger partial charge on any atom is 0.340 e. The van der Waals surface area contributed by atoms with Gasteiger partial charge in [-0.25, -0.2) is 14.4 Å². The Bertz CT molecular complexity index is 1390. The molecule has 0 heterocycles. The highest BCUT2D eigenvalue weighted by Gasteiger charge is 2.29. The zero-order valence-corrected chi connectivity index (χ0v) is 21.3. The van der Waals surface area contributed by atoms with Crippen LogP contribution in [0.4, 0.5) is 0 Å². The first-order chi connectivity index (χ1) is 18.9. The molecule has 7 heteroatoms. The van der Waals surface area contributed by atoms with Crippen molar-refractivity contribution >= 4 is 23.7 Å². The topological polar surface area (TPSA) is 96.0 Å². The van der Waals surface area contributed by atoms with E-state index in [1.807, 2.05) is 18.2 Å². The lowest BCUT2D eigenvalue weighted by Crippen LogP contribution is -2.21. The highest BCUT2D eigenvalue weighted by Crippen LogP contribution is 2.24. The van der Waals surface area contributed by atoms with Gasteiger partial charge in [0.2, 0.25) is 0 Å². The van der Waals surface area contributed by atoms with E-state index >= 15 is 0 Å². The summed E-state index contributed by atoms with van der Waals surface area (Å²) >= 11 is 0. The monoisotopic (exact) mass is 522 g/mol. The van der Waals surface area contributed by atoms with Crippen LogP contribution in [0.15, 0.2) is 103 Å². The van der Waals surface area contributed by atoms with Gasteiger partial charge in [-0.15, -0.1) is 0 Å². The number of carbonyl (C=O) groups is 4. The van der Waals surface area contributed by atoms with Crippen molar-refractivity contribution in [2.75, 3.05) is 0 Å². The fourth-order valence-electron chi connectivity index (χ4n) is 3.78. The van der Waals surface area contributed by atoms with Crippen molar-refractivity contribution in [3.63, 3.8) is 0 Å². The molecule has 0 radical (unpaired) electrons. The van der Waals surface area contributed by atoms with Gasteiger partial charge in [-0.05, 0) is 35.7 Å². The minimum absolute atomic E-state index is 0.0490. The van der Waals surface area contributed by atoms with Gasteiger partial charge < -0.3 is 14.2 Å². The van der Waals surface area contributed by atoms with E-state index in [0.29, 0.717) is 5.56 Å². The molecule has 0 aliphatic rings. The Morgan fingerprint density at radius 1 is 0.513 bits per heavy atom. The van der Waals surface area contributed by atoms with Gasteiger partial charge in [0.15, 0.2) is 5.78 Å². The summed E-state index contributed by atoms with van der Waals surface area (Å²) in [7, 11) is 0. The normalized spacial score (nSPS) is 10.4. The largest absolute Gasteiger partial charge is 0.457 e. The number of rotatable bonds is 10. The van der Waals surface area contributed by atoms with Crippen molar-refractivity contribution in [3.05, 3.63) is 142 Å². The predicted molar refractivity (Wildman–Crippen MR) is 143 cm³/mol. The van der Waals surface area contributed by atoms with E-state index in [1.165, 1.54) is 19.1 Å². The summed E-state index contributed by atoms with van der Waals surface area (Å²) in [4.78, 5) is 52.2. The average molecular weight is 523 g/mol. The Labute approximate surface area is 226 Å². The number of hydrogen-bond donors (Lipinski definition) is 0. The second-order valence-corrected chi connectivity index (χ2v) is 8.69. The lowest BCUT2D eigenvalue weighted by atomic mass is 9.95. The molecule has 0 spiro atoms. The third-order valence-electron chi connectivity index (χ3n) is 5.83. The highest BCUT2D eigenvalue weighted by atomic mass is 16.5. The molecule has 7 nitrogen and oxygen atoms in total. The van der Waals surface area contributed by atoms with Crippen LogP contribution in [0.25, 0.3) is 0 Å². The second kappa shape index (κ2) is 13.0. The van der Waals surface area contributed by atoms with Crippen LogP contribution in [0.5, 0.6) is 0 Å². The van der Waals surface area contributed by atoms with E-state index in [9.17, 15) is 19.2 Å². The van der Waals surface area contributed by atoms with E-state index in [1.54, 1.807) is 72.8 Å². The third kappa shape index (κ3) is 7.26. The van der Waals surface area contributed by atoms with Crippen LogP contribution in [0.2, 0.25) is 0 Å². The lowest BCUT2D eigenvalue weighted by molar-refractivity contribution is 0.0404. The number of benzene rings is 4. The summed E-state index contributed by atoms with van der Waals surface area (Å²) in [5.74, 6) is -3.10. The van der Waals surface area contributed by atoms with E-state index < -0.39 is 23.7 Å². The molecule has 4 aromatic carbocycles. The smallest absolute Gasteiger partial charge is 0.340 e. The molecule has 0 amide bonds. The SMILES string of the molecule is CC(=O)c1cc(C(=O)OCc2ccccc2)c(C(=O)OCc2ccccc2)c(C(=O)OCc2ccccc2)c1. The van der Waals surface area contributed by atoms with Gasteiger partial charge in [0.1, 0.15) is 19.8 Å². The fraction of sp³-hybridized carbons (Fsp3) is 0.125. The Kier molecular flexibility index (Phi) is 8.98. The molecular formula is C32H26O7. The molecule has 4 aromatic rings. The van der Waals surface area contributed by atoms with Gasteiger partial charge in [-0.3, -0.25) is 4.79 Å². The zero-order chi connectivity index (χ0) is 27.6. The molecule has 0 N–H and O–H groups in total. The minimum Gasteiger partial charge on any atom is -0.457 e. The van der Waals surface area contributed by atoms with Crippen molar-refractivity contribution in [3.8, 4) is 0 Å². The molecular weight excluding hydrogens is 496 g/mol. The summed E-state index contributed by atoms with van der Waals surface area (Å²) in [6.45, 7) is 1.05. The van der Waals surface area contributed by atoms with Gasteiger partial charge >= 0.3 is 17.9 Å². The van der Waals surface area contributed by atoms with E-state index in [2.05, 4.69) is 0 Å². The van der Waals surface area contributed by atoms with Gasteiger partial charge in [0.05, 0.1) is 16.7 Å². The lowest BCUT2D eigenvalue weighted by Gasteiger charge is -2.15. The minimum atomic E-state index is -0.924. The Morgan fingerprint density at radius 2 is 0.846 bits per heavy atom. The summed E-state index contributed by atoms with van der Waals surface area (Å²) in [5, 5.41) is 0. The molecule has 0 saturated heterocycles. The number of Topliss-reactive ketones (excluding diaryl/α,β-unsaturated/α-hetero) is 1. The van der Waals surface area contributed by atoms with Gasteiger partial charge in [0, 0.05) is 5.56 Å². The van der Waals surface area contributed by atoms with Crippen LogP contribution >= 0.6 is 0 Å². The maximum absolute atomic E-state index is 13.4. The fourth-order valence-corrected chi connectivity index (χ4v) is 3.78. The van der Waals surface area contributed by atoms with Crippen LogP contribution in [0.3, 0.4) is 0 Å². The molecule has 0 aromatic heterocycles. The molecule has 0 saturated carbocycles. The van der Waals surface area contributed by atoms with Crippen LogP contribution in [0.1, 0.15) is 65.0 Å². The number of hydrogen-bond acceptors (Lipinski definition) is 7. The highest BCUT2D eigenvalue weighted by molar-refractivity contribution is 6.12. The quantitative estimate of drug-likeness (QED) is 0.144. The summed E-state index contributed by atoms with van der Waals surface area (Å²) in [5.41, 5.74) is 1.37. The number of ether oxygens (including phenoxy) is 3. The summed E-state index contributed by atoms with van der Waals surface area (Å²) in [6, 6.07) is 29.4. The van der Waals surface area contributed by atoms with Crippen LogP contribution in [0, 0.1) is 0 Å². The molecule has 4 rings (SSSR count). The van der Waals surface area contributed by atoms with Crippen LogP contribution in [-0.2, 0) is 34.0 Å². The first kappa shape index (κ1) is 27.0. The first-order valence-corrected chi connectivity index (χ1v) is 12.2. The molecule has 0 atom stereocenters. The molecule has 0 aliphatic carbocycles. The first-order valence-electron chi connectivity index (χ1n) is 12.2. The molecule has 0 unspecified atom stereocenters. The van der Waals surface area contributed by atoms with Crippen molar-refractivity contribution in [1.82, 2.24) is 0 Å². The molecule has 0 aliphatic heterocycles. The Morgan fingerprint density at radius 3 is 1.18 bits per heavy atom. The zero-order valence-electron chi connectivity index (χ0n) is 21.3. The van der Waals surface area contributed by atoms with E-state index in [-0.39, 0.29) is 42.1 Å².